The van der Waals surface area contributed by atoms with Crippen molar-refractivity contribution in [2.45, 2.75) is 0 Å². The number of para-hydroxylation sites is 4. The molecule has 4 heteroatoms. The SMILES string of the molecule is c1ccc(-n2c3ccccc3c3cc(-c4ccc5c(c4)c4ccccc4n5-c4ccc(-c5cccc6c5c5c7ccccc7sc5n6-c5ccccc5)cc4)ccc32)cc1. The van der Waals surface area contributed by atoms with Gasteiger partial charge in [0.1, 0.15) is 4.83 Å². The summed E-state index contributed by atoms with van der Waals surface area (Å²) in [4.78, 5) is 1.28. The smallest absolute Gasteiger partial charge is 0.109 e. The summed E-state index contributed by atoms with van der Waals surface area (Å²) >= 11 is 1.87. The molecule has 13 aromatic rings. The van der Waals surface area contributed by atoms with E-state index in [1.165, 1.54) is 108 Å². The Morgan fingerprint density at radius 1 is 0.283 bits per heavy atom. The molecule has 0 aliphatic carbocycles. The number of benzene rings is 9. The molecule has 0 amide bonds. The van der Waals surface area contributed by atoms with Crippen LogP contribution in [-0.4, -0.2) is 13.7 Å². The van der Waals surface area contributed by atoms with Crippen LogP contribution in [0.1, 0.15) is 0 Å². The van der Waals surface area contributed by atoms with Crippen LogP contribution in [0.2, 0.25) is 0 Å². The second kappa shape index (κ2) is 12.9. The van der Waals surface area contributed by atoms with Gasteiger partial charge in [-0.1, -0.05) is 127 Å². The van der Waals surface area contributed by atoms with Crippen molar-refractivity contribution in [1.29, 1.82) is 0 Å². The summed E-state index contributed by atoms with van der Waals surface area (Å²) in [6, 6.07) is 77.7. The third-order valence-corrected chi connectivity index (χ3v) is 13.6. The average Bonchev–Trinajstić information content (AvgIpc) is 4.05. The first-order valence-electron chi connectivity index (χ1n) is 20.5. The molecule has 0 unspecified atom stereocenters. The van der Waals surface area contributed by atoms with Crippen molar-refractivity contribution in [3.63, 3.8) is 0 Å². The van der Waals surface area contributed by atoms with E-state index in [9.17, 15) is 0 Å². The zero-order valence-electron chi connectivity index (χ0n) is 32.5. The maximum Gasteiger partial charge on any atom is 0.109 e. The van der Waals surface area contributed by atoms with Crippen LogP contribution in [-0.2, 0) is 0 Å². The van der Waals surface area contributed by atoms with Crippen molar-refractivity contribution < 1.29 is 0 Å². The maximum absolute atomic E-state index is 2.45. The maximum atomic E-state index is 2.45. The number of aromatic nitrogens is 3. The molecular weight excluding hydrogens is 747 g/mol. The van der Waals surface area contributed by atoms with Gasteiger partial charge in [0.05, 0.1) is 27.6 Å². The van der Waals surface area contributed by atoms with Crippen LogP contribution in [0.25, 0.3) is 114 Å². The lowest BCUT2D eigenvalue weighted by Gasteiger charge is -2.11. The van der Waals surface area contributed by atoms with Gasteiger partial charge in [-0.3, -0.25) is 0 Å². The number of fused-ring (bicyclic) bond motifs is 11. The van der Waals surface area contributed by atoms with E-state index in [2.05, 4.69) is 226 Å². The summed E-state index contributed by atoms with van der Waals surface area (Å²) in [5, 5.41) is 8.95. The number of hydrogen-bond acceptors (Lipinski definition) is 1. The Kier molecular flexibility index (Phi) is 7.18. The summed E-state index contributed by atoms with van der Waals surface area (Å²) in [6.45, 7) is 0. The lowest BCUT2D eigenvalue weighted by Crippen LogP contribution is -1.94. The second-order valence-electron chi connectivity index (χ2n) is 15.7. The predicted molar refractivity (Wildman–Crippen MR) is 256 cm³/mol. The van der Waals surface area contributed by atoms with Crippen molar-refractivity contribution in [3.8, 4) is 39.3 Å². The van der Waals surface area contributed by atoms with Crippen molar-refractivity contribution in [2.75, 3.05) is 0 Å². The standard InChI is InChI=1S/C56H35N3S/c1-3-14-39(15-4-1)57-48-22-10-7-18-43(48)46-34-37(28-32-50(46)57)38-29-33-51-47(35-38)44-19-8-11-23-49(44)58(51)41-30-26-36(27-31-41)42-21-13-24-52-54(42)55-45-20-9-12-25-53(45)60-56(55)59(52)40-16-5-2-6-17-40/h1-35H. The number of thiophene rings is 1. The van der Waals surface area contributed by atoms with E-state index in [0.29, 0.717) is 0 Å². The highest BCUT2D eigenvalue weighted by Gasteiger charge is 2.21. The summed E-state index contributed by atoms with van der Waals surface area (Å²) in [5.41, 5.74) is 14.4. The molecule has 0 saturated heterocycles. The first-order valence-corrected chi connectivity index (χ1v) is 21.3. The van der Waals surface area contributed by atoms with E-state index in [0.717, 1.165) is 5.69 Å². The lowest BCUT2D eigenvalue weighted by atomic mass is 9.98. The molecule has 0 saturated carbocycles. The fourth-order valence-corrected chi connectivity index (χ4v) is 11.1. The molecule has 60 heavy (non-hydrogen) atoms. The number of rotatable bonds is 5. The molecule has 280 valence electrons. The molecule has 0 atom stereocenters. The van der Waals surface area contributed by atoms with E-state index in [4.69, 9.17) is 0 Å². The Morgan fingerprint density at radius 3 is 1.37 bits per heavy atom. The van der Waals surface area contributed by atoms with Crippen LogP contribution >= 0.6 is 11.3 Å². The van der Waals surface area contributed by atoms with Gasteiger partial charge in [0.25, 0.3) is 0 Å². The summed E-state index contributed by atoms with van der Waals surface area (Å²) < 4.78 is 8.56. The van der Waals surface area contributed by atoms with Crippen molar-refractivity contribution in [1.82, 2.24) is 13.7 Å². The molecular formula is C56H35N3S. The normalized spacial score (nSPS) is 12.0. The zero-order valence-corrected chi connectivity index (χ0v) is 33.3. The van der Waals surface area contributed by atoms with Gasteiger partial charge in [0.15, 0.2) is 0 Å². The van der Waals surface area contributed by atoms with Crippen LogP contribution in [0.15, 0.2) is 212 Å². The van der Waals surface area contributed by atoms with Gasteiger partial charge in [-0.05, 0) is 107 Å². The quantitative estimate of drug-likeness (QED) is 0.165. The van der Waals surface area contributed by atoms with Gasteiger partial charge < -0.3 is 13.7 Å². The molecule has 0 fully saturated rings. The van der Waals surface area contributed by atoms with Gasteiger partial charge in [-0.25, -0.2) is 0 Å². The van der Waals surface area contributed by atoms with Crippen LogP contribution in [0, 0.1) is 0 Å². The molecule has 4 heterocycles. The van der Waals surface area contributed by atoms with Gasteiger partial charge in [0, 0.05) is 59.5 Å². The lowest BCUT2D eigenvalue weighted by molar-refractivity contribution is 1.18. The summed E-state index contributed by atoms with van der Waals surface area (Å²) in [7, 11) is 0. The largest absolute Gasteiger partial charge is 0.309 e. The molecule has 0 spiro atoms. The highest BCUT2D eigenvalue weighted by Crippen LogP contribution is 2.46. The van der Waals surface area contributed by atoms with Gasteiger partial charge in [-0.2, -0.15) is 0 Å². The molecule has 0 bridgehead atoms. The molecule has 13 rings (SSSR count). The molecule has 9 aromatic carbocycles. The molecule has 0 aliphatic heterocycles. The zero-order chi connectivity index (χ0) is 39.3. The van der Waals surface area contributed by atoms with E-state index >= 15 is 0 Å². The van der Waals surface area contributed by atoms with Crippen molar-refractivity contribution >= 4 is 86.2 Å². The Hall–Kier alpha value is -7.66. The Bertz CT molecular complexity index is 3810. The fourth-order valence-electron chi connectivity index (χ4n) is 9.83. The molecule has 0 aliphatic rings. The van der Waals surface area contributed by atoms with Crippen LogP contribution < -0.4 is 0 Å². The molecule has 0 radical (unpaired) electrons. The van der Waals surface area contributed by atoms with E-state index in [-0.39, 0.29) is 0 Å². The number of nitrogens with zero attached hydrogens (tertiary/aromatic N) is 3. The minimum absolute atomic E-state index is 1.15. The van der Waals surface area contributed by atoms with Crippen LogP contribution in [0.4, 0.5) is 0 Å². The summed E-state index contributed by atoms with van der Waals surface area (Å²) in [6.07, 6.45) is 0. The first-order chi connectivity index (χ1) is 29.8. The molecule has 4 aromatic heterocycles. The van der Waals surface area contributed by atoms with Gasteiger partial charge in [-0.15, -0.1) is 11.3 Å². The Balaban J connectivity index is 0.945. The van der Waals surface area contributed by atoms with E-state index in [1.54, 1.807) is 0 Å². The van der Waals surface area contributed by atoms with E-state index in [1.807, 2.05) is 11.3 Å². The third kappa shape index (κ3) is 4.83. The van der Waals surface area contributed by atoms with Crippen LogP contribution in [0.3, 0.4) is 0 Å². The van der Waals surface area contributed by atoms with Crippen LogP contribution in [0.5, 0.6) is 0 Å². The molecule has 0 N–H and O–H groups in total. The Labute approximate surface area is 349 Å². The first kappa shape index (κ1) is 33.3. The average molecular weight is 782 g/mol. The number of hydrogen-bond donors (Lipinski definition) is 0. The Morgan fingerprint density at radius 2 is 0.750 bits per heavy atom. The minimum Gasteiger partial charge on any atom is -0.309 e. The highest BCUT2D eigenvalue weighted by molar-refractivity contribution is 7.25. The predicted octanol–water partition coefficient (Wildman–Crippen LogP) is 15.5. The second-order valence-corrected chi connectivity index (χ2v) is 16.7. The highest BCUT2D eigenvalue weighted by atomic mass is 32.1. The third-order valence-electron chi connectivity index (χ3n) is 12.5. The topological polar surface area (TPSA) is 14.8 Å². The van der Waals surface area contributed by atoms with Crippen molar-refractivity contribution in [2.24, 2.45) is 0 Å². The van der Waals surface area contributed by atoms with Gasteiger partial charge >= 0.3 is 0 Å². The van der Waals surface area contributed by atoms with Crippen molar-refractivity contribution in [3.05, 3.63) is 212 Å². The fraction of sp³-hybridized carbons (Fsp3) is 0. The van der Waals surface area contributed by atoms with Gasteiger partial charge in [0.2, 0.25) is 0 Å². The van der Waals surface area contributed by atoms with E-state index < -0.39 is 0 Å². The monoisotopic (exact) mass is 781 g/mol. The summed E-state index contributed by atoms with van der Waals surface area (Å²) in [5.74, 6) is 0. The minimum atomic E-state index is 1.15. The molecule has 3 nitrogen and oxygen atoms in total.